The van der Waals surface area contributed by atoms with E-state index in [1.165, 1.54) is 22.5 Å². The van der Waals surface area contributed by atoms with Crippen molar-refractivity contribution < 1.29 is 4.74 Å². The fraction of sp³-hybridized carbons (Fsp3) is 0.348. The van der Waals surface area contributed by atoms with Crippen molar-refractivity contribution in [3.63, 3.8) is 0 Å². The topological polar surface area (TPSA) is 48.1 Å². The Kier molecular flexibility index (Phi) is 5.60. The standard InChI is InChI=1S/C23H25N5OS2/c1-26-21(16-10-12-17(29-2)13-11-16)25-28(23(26)30)15-27-14-6-5-8-19(27)22-24-18-7-3-4-9-20(18)31-22/h3-4,7,9-13,19H,5-6,8,14-15H2,1-2H3. The van der Waals surface area contributed by atoms with E-state index in [-0.39, 0.29) is 0 Å². The minimum absolute atomic E-state index is 0.305. The molecule has 1 unspecified atom stereocenters. The van der Waals surface area contributed by atoms with Crippen molar-refractivity contribution in [1.82, 2.24) is 24.2 Å². The van der Waals surface area contributed by atoms with E-state index < -0.39 is 0 Å². The van der Waals surface area contributed by atoms with Crippen LogP contribution in [0.15, 0.2) is 48.5 Å². The molecule has 5 rings (SSSR count). The number of nitrogens with zero attached hydrogens (tertiary/aromatic N) is 5. The van der Waals surface area contributed by atoms with Gasteiger partial charge in [0.25, 0.3) is 0 Å². The molecule has 1 fully saturated rings. The van der Waals surface area contributed by atoms with Crippen LogP contribution in [0.5, 0.6) is 5.75 Å². The summed E-state index contributed by atoms with van der Waals surface area (Å²) in [5.74, 6) is 1.69. The number of piperidine rings is 1. The van der Waals surface area contributed by atoms with E-state index in [4.69, 9.17) is 27.0 Å². The van der Waals surface area contributed by atoms with Crippen LogP contribution in [0.25, 0.3) is 21.6 Å². The summed E-state index contributed by atoms with van der Waals surface area (Å²) in [6, 6.07) is 16.6. The Balaban J connectivity index is 1.44. The lowest BCUT2D eigenvalue weighted by Crippen LogP contribution is -2.35. The van der Waals surface area contributed by atoms with Crippen LogP contribution in [0.4, 0.5) is 0 Å². The number of fused-ring (bicyclic) bond motifs is 1. The van der Waals surface area contributed by atoms with Crippen molar-refractivity contribution in [3.05, 3.63) is 58.3 Å². The van der Waals surface area contributed by atoms with E-state index in [1.807, 2.05) is 40.6 Å². The van der Waals surface area contributed by atoms with E-state index in [0.29, 0.717) is 12.7 Å². The normalized spacial score (nSPS) is 17.3. The molecule has 0 spiro atoms. The Hall–Kier alpha value is -2.55. The van der Waals surface area contributed by atoms with Crippen molar-refractivity contribution in [2.24, 2.45) is 7.05 Å². The van der Waals surface area contributed by atoms with Gasteiger partial charge in [0.15, 0.2) is 10.6 Å². The van der Waals surface area contributed by atoms with Crippen LogP contribution in [0.1, 0.15) is 30.3 Å². The minimum atomic E-state index is 0.305. The van der Waals surface area contributed by atoms with Gasteiger partial charge in [-0.1, -0.05) is 18.6 Å². The first kappa shape index (κ1) is 20.4. The second kappa shape index (κ2) is 8.53. The first-order valence-corrected chi connectivity index (χ1v) is 11.7. The number of hydrogen-bond acceptors (Lipinski definition) is 6. The van der Waals surface area contributed by atoms with Gasteiger partial charge in [-0.2, -0.15) is 5.10 Å². The molecule has 0 radical (unpaired) electrons. The summed E-state index contributed by atoms with van der Waals surface area (Å²) in [5.41, 5.74) is 2.11. The van der Waals surface area contributed by atoms with Gasteiger partial charge in [0, 0.05) is 19.2 Å². The second-order valence-electron chi connectivity index (χ2n) is 7.88. The summed E-state index contributed by atoms with van der Waals surface area (Å²) in [6.45, 7) is 1.69. The van der Waals surface area contributed by atoms with Crippen LogP contribution in [-0.4, -0.2) is 37.9 Å². The van der Waals surface area contributed by atoms with Gasteiger partial charge in [0.05, 0.1) is 30.0 Å². The highest BCUT2D eigenvalue weighted by Gasteiger charge is 2.27. The third-order valence-corrected chi connectivity index (χ3v) is 7.54. The van der Waals surface area contributed by atoms with Gasteiger partial charge in [0.2, 0.25) is 0 Å². The average Bonchev–Trinajstić information content (AvgIpc) is 3.36. The SMILES string of the molecule is COc1ccc(-c2nn(CN3CCCCC3c3nc4ccccc4s3)c(=S)n2C)cc1. The lowest BCUT2D eigenvalue weighted by molar-refractivity contribution is 0.103. The summed E-state index contributed by atoms with van der Waals surface area (Å²) < 4.78 is 11.2. The Morgan fingerprint density at radius 1 is 1.13 bits per heavy atom. The molecule has 1 atom stereocenters. The highest BCUT2D eigenvalue weighted by molar-refractivity contribution is 7.71. The first-order valence-electron chi connectivity index (χ1n) is 10.5. The number of methoxy groups -OCH3 is 1. The molecular formula is C23H25N5OS2. The summed E-state index contributed by atoms with van der Waals surface area (Å²) in [6.07, 6.45) is 3.53. The number of thiazole rings is 1. The van der Waals surface area contributed by atoms with E-state index >= 15 is 0 Å². The molecule has 4 aromatic rings. The zero-order valence-corrected chi connectivity index (χ0v) is 19.3. The molecule has 0 N–H and O–H groups in total. The van der Waals surface area contributed by atoms with E-state index in [1.54, 1.807) is 18.4 Å². The molecule has 1 saturated heterocycles. The van der Waals surface area contributed by atoms with Gasteiger partial charge < -0.3 is 9.30 Å². The van der Waals surface area contributed by atoms with Crippen LogP contribution in [0, 0.1) is 4.77 Å². The average molecular weight is 452 g/mol. The number of aromatic nitrogens is 4. The fourth-order valence-corrected chi connectivity index (χ4v) is 5.54. The summed E-state index contributed by atoms with van der Waals surface area (Å²) >= 11 is 7.54. The van der Waals surface area contributed by atoms with Crippen LogP contribution in [-0.2, 0) is 13.7 Å². The number of likely N-dealkylation sites (tertiary alicyclic amines) is 1. The monoisotopic (exact) mass is 451 g/mol. The van der Waals surface area contributed by atoms with Crippen LogP contribution < -0.4 is 4.74 Å². The maximum atomic E-state index is 5.74. The van der Waals surface area contributed by atoms with Gasteiger partial charge in [-0.15, -0.1) is 11.3 Å². The largest absolute Gasteiger partial charge is 0.497 e. The van der Waals surface area contributed by atoms with Crippen molar-refractivity contribution in [2.45, 2.75) is 32.0 Å². The predicted octanol–water partition coefficient (Wildman–Crippen LogP) is 5.42. The number of hydrogen-bond donors (Lipinski definition) is 0. The van der Waals surface area contributed by atoms with Crippen LogP contribution in [0.3, 0.4) is 0 Å². The molecule has 3 heterocycles. The summed E-state index contributed by atoms with van der Waals surface area (Å²) in [5, 5.41) is 6.07. The third kappa shape index (κ3) is 3.91. The number of rotatable bonds is 5. The second-order valence-corrected chi connectivity index (χ2v) is 9.31. The van der Waals surface area contributed by atoms with Crippen LogP contribution >= 0.6 is 23.6 Å². The maximum absolute atomic E-state index is 5.74. The number of benzene rings is 2. The van der Waals surface area contributed by atoms with Gasteiger partial charge >= 0.3 is 0 Å². The number of para-hydroxylation sites is 1. The molecule has 6 nitrogen and oxygen atoms in total. The minimum Gasteiger partial charge on any atom is -0.497 e. The van der Waals surface area contributed by atoms with Crippen molar-refractivity contribution in [3.8, 4) is 17.1 Å². The van der Waals surface area contributed by atoms with Gasteiger partial charge in [-0.25, -0.2) is 9.67 Å². The third-order valence-electron chi connectivity index (χ3n) is 5.91. The smallest absolute Gasteiger partial charge is 0.199 e. The first-order chi connectivity index (χ1) is 15.1. The zero-order chi connectivity index (χ0) is 21.4. The molecule has 2 aromatic heterocycles. The quantitative estimate of drug-likeness (QED) is 0.379. The highest BCUT2D eigenvalue weighted by Crippen LogP contribution is 2.36. The predicted molar refractivity (Wildman–Crippen MR) is 127 cm³/mol. The highest BCUT2D eigenvalue weighted by atomic mass is 32.1. The van der Waals surface area contributed by atoms with Crippen molar-refractivity contribution in [1.29, 1.82) is 0 Å². The van der Waals surface area contributed by atoms with Crippen molar-refractivity contribution >= 4 is 33.8 Å². The van der Waals surface area contributed by atoms with Gasteiger partial charge in [0.1, 0.15) is 10.8 Å². The Labute approximate surface area is 190 Å². The molecule has 8 heteroatoms. The van der Waals surface area contributed by atoms with Gasteiger partial charge in [-0.05, 0) is 61.5 Å². The summed E-state index contributed by atoms with van der Waals surface area (Å²) in [4.78, 5) is 7.42. The van der Waals surface area contributed by atoms with E-state index in [2.05, 4.69) is 29.2 Å². The molecular weight excluding hydrogens is 426 g/mol. The van der Waals surface area contributed by atoms with Crippen LogP contribution in [0.2, 0.25) is 0 Å². The zero-order valence-electron chi connectivity index (χ0n) is 17.7. The molecule has 0 aliphatic carbocycles. The molecule has 1 aliphatic rings. The molecule has 1 aliphatic heterocycles. The lowest BCUT2D eigenvalue weighted by atomic mass is 10.0. The van der Waals surface area contributed by atoms with Gasteiger partial charge in [-0.3, -0.25) is 4.90 Å². The van der Waals surface area contributed by atoms with Crippen molar-refractivity contribution in [2.75, 3.05) is 13.7 Å². The number of ether oxygens (including phenoxy) is 1. The lowest BCUT2D eigenvalue weighted by Gasteiger charge is -2.34. The Bertz CT molecular complexity index is 1220. The maximum Gasteiger partial charge on any atom is 0.199 e. The molecule has 0 amide bonds. The molecule has 160 valence electrons. The summed E-state index contributed by atoms with van der Waals surface area (Å²) in [7, 11) is 3.65. The molecule has 31 heavy (non-hydrogen) atoms. The molecule has 0 bridgehead atoms. The Morgan fingerprint density at radius 2 is 1.94 bits per heavy atom. The molecule has 0 saturated carbocycles. The van der Waals surface area contributed by atoms with E-state index in [0.717, 1.165) is 40.4 Å². The Morgan fingerprint density at radius 3 is 2.71 bits per heavy atom. The van der Waals surface area contributed by atoms with E-state index in [9.17, 15) is 0 Å². The molecule has 2 aromatic carbocycles. The fourth-order valence-electron chi connectivity index (χ4n) is 4.22.